The molecule has 0 spiro atoms. The van der Waals surface area contributed by atoms with Crippen molar-refractivity contribution in [1.82, 2.24) is 0 Å². The van der Waals surface area contributed by atoms with Crippen LogP contribution in [0.2, 0.25) is 0 Å². The summed E-state index contributed by atoms with van der Waals surface area (Å²) in [5.41, 5.74) is 0. The summed E-state index contributed by atoms with van der Waals surface area (Å²) in [6.07, 6.45) is 1.55. The average Bonchev–Trinajstić information content (AvgIpc) is 2.15. The van der Waals surface area contributed by atoms with E-state index in [1.807, 2.05) is 0 Å². The molecule has 1 aliphatic carbocycles. The number of hydrogen-bond acceptors (Lipinski definition) is 4. The summed E-state index contributed by atoms with van der Waals surface area (Å²) in [5, 5.41) is 16.1. The van der Waals surface area contributed by atoms with Gasteiger partial charge >= 0.3 is 11.9 Å². The topological polar surface area (TPSA) is 129 Å². The zero-order chi connectivity index (χ0) is 12.5. The Kier molecular flexibility index (Phi) is 3.34. The van der Waals surface area contributed by atoms with Crippen LogP contribution in [0.3, 0.4) is 0 Å². The summed E-state index contributed by atoms with van der Waals surface area (Å²) in [7, 11) is -4.38. The minimum atomic E-state index is -4.38. The molecule has 1 aliphatic rings. The molecule has 7 nitrogen and oxygen atoms in total. The van der Waals surface area contributed by atoms with E-state index < -0.39 is 45.6 Å². The van der Waals surface area contributed by atoms with Crippen molar-refractivity contribution in [3.8, 4) is 0 Å². The molecule has 1 rings (SSSR count). The third-order valence-electron chi connectivity index (χ3n) is 2.44. The molecule has 8 heteroatoms. The molecule has 0 aliphatic heterocycles. The molecule has 0 radical (unpaired) electrons. The minimum Gasteiger partial charge on any atom is -0.481 e. The van der Waals surface area contributed by atoms with E-state index >= 15 is 0 Å². The first-order valence-corrected chi connectivity index (χ1v) is 5.84. The van der Waals surface area contributed by atoms with E-state index in [-0.39, 0.29) is 0 Å². The van der Waals surface area contributed by atoms with Gasteiger partial charge in [0.05, 0.1) is 11.8 Å². The SMILES string of the molecule is O=C(O)C1C=CC(S(=O)(=O)O)CC1C(=O)O. The highest BCUT2D eigenvalue weighted by Gasteiger charge is 2.39. The highest BCUT2D eigenvalue weighted by Crippen LogP contribution is 2.28. The van der Waals surface area contributed by atoms with Crippen molar-refractivity contribution in [2.24, 2.45) is 11.8 Å². The molecule has 16 heavy (non-hydrogen) atoms. The quantitative estimate of drug-likeness (QED) is 0.459. The monoisotopic (exact) mass is 250 g/mol. The largest absolute Gasteiger partial charge is 0.481 e. The molecular weight excluding hydrogens is 240 g/mol. The van der Waals surface area contributed by atoms with Crippen molar-refractivity contribution >= 4 is 22.1 Å². The first-order chi connectivity index (χ1) is 7.23. The molecule has 0 aromatic rings. The van der Waals surface area contributed by atoms with Crippen LogP contribution in [-0.4, -0.2) is 40.4 Å². The van der Waals surface area contributed by atoms with Gasteiger partial charge in [0.25, 0.3) is 10.1 Å². The summed E-state index contributed by atoms with van der Waals surface area (Å²) in [6.45, 7) is 0. The first kappa shape index (κ1) is 12.7. The van der Waals surface area contributed by atoms with Gasteiger partial charge in [0.15, 0.2) is 0 Å². The van der Waals surface area contributed by atoms with Gasteiger partial charge in [-0.05, 0) is 6.42 Å². The maximum Gasteiger partial charge on any atom is 0.311 e. The number of carbonyl (C=O) groups is 2. The van der Waals surface area contributed by atoms with E-state index in [1.165, 1.54) is 0 Å². The summed E-state index contributed by atoms with van der Waals surface area (Å²) in [6, 6.07) is 0. The lowest BCUT2D eigenvalue weighted by atomic mass is 9.84. The Hall–Kier alpha value is -1.41. The van der Waals surface area contributed by atoms with E-state index in [1.54, 1.807) is 0 Å². The van der Waals surface area contributed by atoms with Crippen LogP contribution in [0.4, 0.5) is 0 Å². The van der Waals surface area contributed by atoms with E-state index in [2.05, 4.69) is 0 Å². The van der Waals surface area contributed by atoms with Gasteiger partial charge in [-0.3, -0.25) is 14.1 Å². The number of carboxylic acids is 2. The second-order valence-electron chi connectivity index (χ2n) is 3.48. The van der Waals surface area contributed by atoms with Crippen molar-refractivity contribution < 1.29 is 32.8 Å². The molecule has 0 saturated heterocycles. The molecule has 0 aromatic carbocycles. The third-order valence-corrected chi connectivity index (χ3v) is 3.55. The fraction of sp³-hybridized carbons (Fsp3) is 0.500. The van der Waals surface area contributed by atoms with Crippen LogP contribution in [0.1, 0.15) is 6.42 Å². The number of rotatable bonds is 3. The van der Waals surface area contributed by atoms with Crippen molar-refractivity contribution in [3.63, 3.8) is 0 Å². The van der Waals surface area contributed by atoms with Crippen LogP contribution < -0.4 is 0 Å². The average molecular weight is 250 g/mol. The Morgan fingerprint density at radius 3 is 2.06 bits per heavy atom. The van der Waals surface area contributed by atoms with E-state index in [0.29, 0.717) is 0 Å². The maximum absolute atomic E-state index is 10.8. The molecule has 0 saturated carbocycles. The van der Waals surface area contributed by atoms with Crippen LogP contribution in [0.15, 0.2) is 12.2 Å². The van der Waals surface area contributed by atoms with Crippen molar-refractivity contribution in [2.45, 2.75) is 11.7 Å². The third kappa shape index (κ3) is 2.58. The van der Waals surface area contributed by atoms with Gasteiger partial charge in [0.1, 0.15) is 5.25 Å². The first-order valence-electron chi connectivity index (χ1n) is 4.33. The summed E-state index contributed by atoms with van der Waals surface area (Å²) in [4.78, 5) is 21.5. The second-order valence-corrected chi connectivity index (χ2v) is 5.12. The van der Waals surface area contributed by atoms with Crippen LogP contribution in [0, 0.1) is 11.8 Å². The zero-order valence-electron chi connectivity index (χ0n) is 7.98. The lowest BCUT2D eigenvalue weighted by Gasteiger charge is -2.24. The van der Waals surface area contributed by atoms with Gasteiger partial charge in [0.2, 0.25) is 0 Å². The standard InChI is InChI=1S/C8H10O7S/c9-7(10)5-2-1-4(16(13,14)15)3-6(5)8(11)12/h1-2,4-6H,3H2,(H,9,10)(H,11,12)(H,13,14,15). The number of carboxylic acid groups (broad SMARTS) is 2. The van der Waals surface area contributed by atoms with Crippen LogP contribution in [-0.2, 0) is 19.7 Å². The molecule has 0 bridgehead atoms. The van der Waals surface area contributed by atoms with Crippen molar-refractivity contribution in [2.75, 3.05) is 0 Å². The molecular formula is C8H10O7S. The smallest absolute Gasteiger partial charge is 0.311 e. The fourth-order valence-corrected chi connectivity index (χ4v) is 2.32. The Bertz CT molecular complexity index is 435. The Balaban J connectivity index is 3.04. The van der Waals surface area contributed by atoms with E-state index in [9.17, 15) is 18.0 Å². The van der Waals surface area contributed by atoms with Gasteiger partial charge in [-0.25, -0.2) is 0 Å². The number of aliphatic carboxylic acids is 2. The molecule has 3 N–H and O–H groups in total. The fourth-order valence-electron chi connectivity index (χ4n) is 1.58. The maximum atomic E-state index is 10.8. The molecule has 3 atom stereocenters. The Morgan fingerprint density at radius 1 is 1.12 bits per heavy atom. The predicted octanol–water partition coefficient (Wildman–Crippen LogP) is -0.396. The molecule has 0 aromatic heterocycles. The van der Waals surface area contributed by atoms with Gasteiger partial charge < -0.3 is 10.2 Å². The summed E-state index contributed by atoms with van der Waals surface area (Å²) >= 11 is 0. The minimum absolute atomic E-state index is 0.443. The predicted molar refractivity (Wildman–Crippen MR) is 51.3 cm³/mol. The van der Waals surface area contributed by atoms with Crippen molar-refractivity contribution in [3.05, 3.63) is 12.2 Å². The summed E-state index contributed by atoms with van der Waals surface area (Å²) < 4.78 is 30.3. The number of hydrogen-bond donors (Lipinski definition) is 3. The molecule has 0 fully saturated rings. The summed E-state index contributed by atoms with van der Waals surface area (Å²) in [5.74, 6) is -5.35. The van der Waals surface area contributed by atoms with Gasteiger partial charge in [-0.2, -0.15) is 8.42 Å². The van der Waals surface area contributed by atoms with Crippen LogP contribution in [0.5, 0.6) is 0 Å². The Labute approximate surface area is 91.1 Å². The highest BCUT2D eigenvalue weighted by molar-refractivity contribution is 7.86. The lowest BCUT2D eigenvalue weighted by molar-refractivity contribution is -0.152. The van der Waals surface area contributed by atoms with E-state index in [4.69, 9.17) is 14.8 Å². The van der Waals surface area contributed by atoms with Crippen LogP contribution >= 0.6 is 0 Å². The highest BCUT2D eigenvalue weighted by atomic mass is 32.2. The lowest BCUT2D eigenvalue weighted by Crippen LogP contribution is -2.36. The second kappa shape index (κ2) is 4.22. The van der Waals surface area contributed by atoms with E-state index in [0.717, 1.165) is 12.2 Å². The molecule has 0 heterocycles. The zero-order valence-corrected chi connectivity index (χ0v) is 8.79. The van der Waals surface area contributed by atoms with Crippen molar-refractivity contribution in [1.29, 1.82) is 0 Å². The van der Waals surface area contributed by atoms with Gasteiger partial charge in [0, 0.05) is 0 Å². The Morgan fingerprint density at radius 2 is 1.69 bits per heavy atom. The molecule has 90 valence electrons. The van der Waals surface area contributed by atoms with Gasteiger partial charge in [-0.15, -0.1) is 0 Å². The molecule has 3 unspecified atom stereocenters. The van der Waals surface area contributed by atoms with Crippen LogP contribution in [0.25, 0.3) is 0 Å². The van der Waals surface area contributed by atoms with Gasteiger partial charge in [-0.1, -0.05) is 12.2 Å². The molecule has 0 amide bonds. The normalized spacial score (nSPS) is 29.9.